The molecule has 86 valence electrons. The average molecular weight is 229 g/mol. The average Bonchev–Trinajstić information content (AvgIpc) is 2.64. The van der Waals surface area contributed by atoms with Gasteiger partial charge in [-0.05, 0) is 25.7 Å². The van der Waals surface area contributed by atoms with Gasteiger partial charge in [0.15, 0.2) is 0 Å². The Morgan fingerprint density at radius 2 is 2.07 bits per heavy atom. The first kappa shape index (κ1) is 12.2. The summed E-state index contributed by atoms with van der Waals surface area (Å²) in [5.41, 5.74) is 5.34. The van der Waals surface area contributed by atoms with Gasteiger partial charge in [0.1, 0.15) is 0 Å². The molecule has 1 rings (SSSR count). The zero-order valence-electron chi connectivity index (χ0n) is 8.92. The van der Waals surface area contributed by atoms with Crippen molar-refractivity contribution in [3.05, 3.63) is 0 Å². The lowest BCUT2D eigenvalue weighted by molar-refractivity contribution is 0.237. The van der Waals surface area contributed by atoms with Crippen LogP contribution in [0.4, 0.5) is 4.79 Å². The van der Waals surface area contributed by atoms with Crippen LogP contribution in [0.25, 0.3) is 0 Å². The van der Waals surface area contributed by atoms with Crippen LogP contribution in [0, 0.1) is 0 Å². The lowest BCUT2D eigenvalue weighted by Crippen LogP contribution is -2.41. The number of nitrogens with one attached hydrogen (secondary N) is 2. The molecule has 0 heterocycles. The molecule has 4 nitrogen and oxygen atoms in total. The smallest absolute Gasteiger partial charge is 0.315 e. The first-order valence-electron chi connectivity index (χ1n) is 5.51. The second kappa shape index (κ2) is 6.61. The Morgan fingerprint density at radius 3 is 2.67 bits per heavy atom. The molecule has 0 saturated heterocycles. The molecule has 2 amide bonds. The van der Waals surface area contributed by atoms with Crippen molar-refractivity contribution in [2.24, 2.45) is 5.73 Å². The summed E-state index contributed by atoms with van der Waals surface area (Å²) in [7, 11) is 0. The van der Waals surface area contributed by atoms with Crippen molar-refractivity contribution >= 4 is 23.2 Å². The van der Waals surface area contributed by atoms with Gasteiger partial charge in [-0.2, -0.15) is 0 Å². The first-order chi connectivity index (χ1) is 7.18. The zero-order chi connectivity index (χ0) is 11.1. The van der Waals surface area contributed by atoms with E-state index in [0.29, 0.717) is 24.0 Å². The van der Waals surface area contributed by atoms with Crippen LogP contribution < -0.4 is 16.4 Å². The second-order valence-corrected chi connectivity index (χ2v) is 4.48. The second-order valence-electron chi connectivity index (χ2n) is 3.95. The summed E-state index contributed by atoms with van der Waals surface area (Å²) in [5.74, 6) is 0. The van der Waals surface area contributed by atoms with Gasteiger partial charge < -0.3 is 16.4 Å². The molecule has 1 aliphatic rings. The Kier molecular flexibility index (Phi) is 5.39. The molecule has 5 heteroatoms. The third-order valence-electron chi connectivity index (χ3n) is 2.58. The van der Waals surface area contributed by atoms with Crippen molar-refractivity contribution in [1.82, 2.24) is 10.6 Å². The minimum Gasteiger partial charge on any atom is -0.393 e. The van der Waals surface area contributed by atoms with E-state index in [-0.39, 0.29) is 6.03 Å². The van der Waals surface area contributed by atoms with Crippen LogP contribution in [0.15, 0.2) is 0 Å². The molecule has 0 atom stereocenters. The lowest BCUT2D eigenvalue weighted by Gasteiger charge is -2.12. The number of hydrogen-bond donors (Lipinski definition) is 3. The van der Waals surface area contributed by atoms with E-state index in [2.05, 4.69) is 10.6 Å². The van der Waals surface area contributed by atoms with Crippen LogP contribution in [-0.4, -0.2) is 23.6 Å². The summed E-state index contributed by atoms with van der Waals surface area (Å²) >= 11 is 4.74. The number of thiocarbonyl (C=S) groups is 1. The Morgan fingerprint density at radius 1 is 1.40 bits per heavy atom. The van der Waals surface area contributed by atoms with Crippen LogP contribution in [0.1, 0.15) is 38.5 Å². The third kappa shape index (κ3) is 5.57. The minimum absolute atomic E-state index is 0.0650. The number of carbonyl (C=O) groups is 1. The summed E-state index contributed by atoms with van der Waals surface area (Å²) in [6.45, 7) is 0.635. The molecular formula is C10H19N3OS. The van der Waals surface area contributed by atoms with E-state index in [0.717, 1.165) is 19.3 Å². The highest BCUT2D eigenvalue weighted by atomic mass is 32.1. The minimum atomic E-state index is -0.0650. The number of nitrogens with two attached hydrogens (primary N) is 1. The molecule has 0 aromatic heterocycles. The molecule has 0 aromatic rings. The topological polar surface area (TPSA) is 67.1 Å². The van der Waals surface area contributed by atoms with Crippen LogP contribution >= 0.6 is 12.2 Å². The van der Waals surface area contributed by atoms with Crippen molar-refractivity contribution in [1.29, 1.82) is 0 Å². The van der Waals surface area contributed by atoms with Crippen LogP contribution in [-0.2, 0) is 0 Å². The summed E-state index contributed by atoms with van der Waals surface area (Å²) in [6.07, 6.45) is 6.19. The Labute approximate surface area is 96.0 Å². The summed E-state index contributed by atoms with van der Waals surface area (Å²) in [4.78, 5) is 11.9. The molecular weight excluding hydrogens is 210 g/mol. The fraction of sp³-hybridized carbons (Fsp3) is 0.800. The van der Waals surface area contributed by atoms with Gasteiger partial charge in [0, 0.05) is 12.6 Å². The molecule has 0 aliphatic heterocycles. The van der Waals surface area contributed by atoms with Gasteiger partial charge in [-0.3, -0.25) is 0 Å². The number of rotatable bonds is 5. The molecule has 0 bridgehead atoms. The lowest BCUT2D eigenvalue weighted by atomic mass is 10.2. The fourth-order valence-electron chi connectivity index (χ4n) is 1.77. The van der Waals surface area contributed by atoms with E-state index in [1.807, 2.05) is 0 Å². The molecule has 0 spiro atoms. The van der Waals surface area contributed by atoms with Crippen LogP contribution in [0.2, 0.25) is 0 Å². The number of carbonyl (C=O) groups excluding carboxylic acids is 1. The van der Waals surface area contributed by atoms with Gasteiger partial charge in [-0.25, -0.2) is 4.79 Å². The van der Waals surface area contributed by atoms with Crippen molar-refractivity contribution in [2.45, 2.75) is 44.6 Å². The first-order valence-corrected chi connectivity index (χ1v) is 5.92. The molecule has 1 fully saturated rings. The Balaban J connectivity index is 2.00. The molecule has 1 saturated carbocycles. The largest absolute Gasteiger partial charge is 0.393 e. The van der Waals surface area contributed by atoms with E-state index in [9.17, 15) is 4.79 Å². The third-order valence-corrected chi connectivity index (χ3v) is 2.78. The molecule has 0 aromatic carbocycles. The Bertz CT molecular complexity index is 227. The standard InChI is InChI=1S/C10H19N3OS/c11-9(15)6-3-7-12-10(14)13-8-4-1-2-5-8/h8H,1-7H2,(H2,11,15)(H2,12,13,14). The number of urea groups is 1. The van der Waals surface area contributed by atoms with Gasteiger partial charge in [-0.1, -0.05) is 25.1 Å². The maximum absolute atomic E-state index is 11.4. The van der Waals surface area contributed by atoms with E-state index >= 15 is 0 Å². The molecule has 0 unspecified atom stereocenters. The molecule has 15 heavy (non-hydrogen) atoms. The number of amides is 2. The highest BCUT2D eigenvalue weighted by Crippen LogP contribution is 2.17. The van der Waals surface area contributed by atoms with E-state index in [4.69, 9.17) is 18.0 Å². The van der Waals surface area contributed by atoms with Crippen molar-refractivity contribution in [3.63, 3.8) is 0 Å². The van der Waals surface area contributed by atoms with Crippen molar-refractivity contribution in [3.8, 4) is 0 Å². The van der Waals surface area contributed by atoms with Gasteiger partial charge >= 0.3 is 6.03 Å². The SMILES string of the molecule is NC(=S)CCCNC(=O)NC1CCCC1. The quantitative estimate of drug-likeness (QED) is 0.491. The highest BCUT2D eigenvalue weighted by molar-refractivity contribution is 7.80. The predicted molar refractivity (Wildman–Crippen MR) is 64.8 cm³/mol. The van der Waals surface area contributed by atoms with Gasteiger partial charge in [0.05, 0.1) is 4.99 Å². The maximum atomic E-state index is 11.4. The van der Waals surface area contributed by atoms with Gasteiger partial charge in [0.25, 0.3) is 0 Å². The van der Waals surface area contributed by atoms with Crippen LogP contribution in [0.3, 0.4) is 0 Å². The molecule has 0 radical (unpaired) electrons. The summed E-state index contributed by atoms with van der Waals surface area (Å²) < 4.78 is 0. The van der Waals surface area contributed by atoms with E-state index < -0.39 is 0 Å². The molecule has 1 aliphatic carbocycles. The predicted octanol–water partition coefficient (Wildman–Crippen LogP) is 1.29. The maximum Gasteiger partial charge on any atom is 0.315 e. The molecule has 4 N–H and O–H groups in total. The van der Waals surface area contributed by atoms with E-state index in [1.54, 1.807) is 0 Å². The normalized spacial score (nSPS) is 16.3. The van der Waals surface area contributed by atoms with E-state index in [1.165, 1.54) is 12.8 Å². The van der Waals surface area contributed by atoms with Crippen molar-refractivity contribution in [2.75, 3.05) is 6.54 Å². The number of hydrogen-bond acceptors (Lipinski definition) is 2. The zero-order valence-corrected chi connectivity index (χ0v) is 9.74. The van der Waals surface area contributed by atoms with Crippen LogP contribution in [0.5, 0.6) is 0 Å². The van der Waals surface area contributed by atoms with Crippen molar-refractivity contribution < 1.29 is 4.79 Å². The fourth-order valence-corrected chi connectivity index (χ4v) is 1.92. The summed E-state index contributed by atoms with van der Waals surface area (Å²) in [6, 6.07) is 0.311. The van der Waals surface area contributed by atoms with Gasteiger partial charge in [0.2, 0.25) is 0 Å². The summed E-state index contributed by atoms with van der Waals surface area (Å²) in [5, 5.41) is 5.75. The highest BCUT2D eigenvalue weighted by Gasteiger charge is 2.16. The van der Waals surface area contributed by atoms with Gasteiger partial charge in [-0.15, -0.1) is 0 Å². The monoisotopic (exact) mass is 229 g/mol. The Hall–Kier alpha value is -0.840.